The van der Waals surface area contributed by atoms with Gasteiger partial charge in [-0.25, -0.2) is 4.98 Å². The summed E-state index contributed by atoms with van der Waals surface area (Å²) in [5.41, 5.74) is 0.849. The summed E-state index contributed by atoms with van der Waals surface area (Å²) in [6.07, 6.45) is 2.06. The molecule has 1 fully saturated rings. The molecule has 3 heterocycles. The average Bonchev–Trinajstić information content (AvgIpc) is 3.31. The highest BCUT2D eigenvalue weighted by Crippen LogP contribution is 2.33. The van der Waals surface area contributed by atoms with Crippen LogP contribution >= 0.6 is 50.2 Å². The van der Waals surface area contributed by atoms with Gasteiger partial charge in [-0.3, -0.25) is 9.69 Å². The Morgan fingerprint density at radius 3 is 2.96 bits per heavy atom. The minimum atomic E-state index is -0.0450. The van der Waals surface area contributed by atoms with Gasteiger partial charge in [-0.15, -0.1) is 11.3 Å². The van der Waals surface area contributed by atoms with Crippen LogP contribution in [0.3, 0.4) is 0 Å². The number of thiazole rings is 1. The normalized spacial score (nSPS) is 17.3. The molecule has 0 spiro atoms. The Balaban J connectivity index is 1.70. The second kappa shape index (κ2) is 7.32. The van der Waals surface area contributed by atoms with Gasteiger partial charge < -0.3 is 4.74 Å². The van der Waals surface area contributed by atoms with Gasteiger partial charge in [-0.2, -0.15) is 0 Å². The number of benzene rings is 1. The number of carbonyl (C=O) groups is 1. The first-order valence-corrected chi connectivity index (χ1v) is 10.7. The smallest absolute Gasteiger partial charge is 0.270 e. The molecule has 130 valence electrons. The van der Waals surface area contributed by atoms with Crippen LogP contribution in [0.4, 0.5) is 5.13 Å². The van der Waals surface area contributed by atoms with Crippen molar-refractivity contribution in [1.82, 2.24) is 4.98 Å². The molecular weight excluding hydrogens is 444 g/mol. The number of ether oxygens (including phenoxy) is 1. The van der Waals surface area contributed by atoms with E-state index in [1.165, 1.54) is 22.7 Å². The molecule has 8 heteroatoms. The largest absolute Gasteiger partial charge is 0.376 e. The second-order valence-corrected chi connectivity index (χ2v) is 9.67. The highest BCUT2D eigenvalue weighted by Gasteiger charge is 2.27. The summed E-state index contributed by atoms with van der Waals surface area (Å²) >= 11 is 12.4. The molecular formula is C17H14BrClN2O2S2. The predicted molar refractivity (Wildman–Crippen MR) is 107 cm³/mol. The molecule has 1 saturated heterocycles. The van der Waals surface area contributed by atoms with Gasteiger partial charge >= 0.3 is 0 Å². The van der Waals surface area contributed by atoms with Crippen LogP contribution in [0.15, 0.2) is 34.1 Å². The number of carbonyl (C=O) groups excluding carboxylic acids is 1. The van der Waals surface area contributed by atoms with Crippen LogP contribution in [0.1, 0.15) is 22.5 Å². The number of aromatic nitrogens is 1. The van der Waals surface area contributed by atoms with E-state index in [0.29, 0.717) is 21.6 Å². The minimum absolute atomic E-state index is 0.0450. The highest BCUT2D eigenvalue weighted by molar-refractivity contribution is 9.11. The molecule has 0 N–H and O–H groups in total. The lowest BCUT2D eigenvalue weighted by atomic mass is 10.2. The zero-order valence-electron chi connectivity index (χ0n) is 13.1. The van der Waals surface area contributed by atoms with Crippen molar-refractivity contribution in [2.45, 2.75) is 18.9 Å². The molecule has 1 unspecified atom stereocenters. The number of fused-ring (bicyclic) bond motifs is 1. The van der Waals surface area contributed by atoms with Crippen molar-refractivity contribution >= 4 is 71.5 Å². The fraction of sp³-hybridized carbons (Fsp3) is 0.294. The monoisotopic (exact) mass is 456 g/mol. The molecule has 0 aliphatic carbocycles. The van der Waals surface area contributed by atoms with E-state index in [2.05, 4.69) is 20.9 Å². The first kappa shape index (κ1) is 17.4. The lowest BCUT2D eigenvalue weighted by Gasteiger charge is -2.22. The summed E-state index contributed by atoms with van der Waals surface area (Å²) in [5.74, 6) is -0.0450. The molecule has 4 nitrogen and oxygen atoms in total. The molecule has 1 amide bonds. The fourth-order valence-corrected chi connectivity index (χ4v) is 5.39. The van der Waals surface area contributed by atoms with Crippen LogP contribution in [0.2, 0.25) is 5.02 Å². The Hall–Kier alpha value is -0.990. The van der Waals surface area contributed by atoms with Gasteiger partial charge in [-0.1, -0.05) is 22.9 Å². The Kier molecular flexibility index (Phi) is 5.11. The molecule has 4 rings (SSSR count). The third-order valence-corrected chi connectivity index (χ3v) is 6.90. The molecule has 0 saturated carbocycles. The summed E-state index contributed by atoms with van der Waals surface area (Å²) in [4.78, 5) is 20.2. The van der Waals surface area contributed by atoms with Gasteiger partial charge in [0.2, 0.25) is 0 Å². The van der Waals surface area contributed by atoms with E-state index in [-0.39, 0.29) is 12.0 Å². The SMILES string of the molecule is O=C(c1ccc(Br)s1)N(CC1CCCO1)c1nc2ccc(Cl)cc2s1. The maximum Gasteiger partial charge on any atom is 0.270 e. The molecule has 3 aromatic rings. The van der Waals surface area contributed by atoms with Crippen LogP contribution in [0.5, 0.6) is 0 Å². The third kappa shape index (κ3) is 3.75. The van der Waals surface area contributed by atoms with E-state index in [4.69, 9.17) is 16.3 Å². The Bertz CT molecular complexity index is 920. The number of halogens is 2. The molecule has 1 aliphatic rings. The molecule has 25 heavy (non-hydrogen) atoms. The molecule has 0 radical (unpaired) electrons. The second-order valence-electron chi connectivity index (χ2n) is 5.76. The summed E-state index contributed by atoms with van der Waals surface area (Å²) in [6, 6.07) is 9.31. The van der Waals surface area contributed by atoms with Crippen LogP contribution in [0.25, 0.3) is 10.2 Å². The first-order valence-electron chi connectivity index (χ1n) is 7.85. The van der Waals surface area contributed by atoms with Crippen molar-refractivity contribution in [3.8, 4) is 0 Å². The zero-order chi connectivity index (χ0) is 17.4. The van der Waals surface area contributed by atoms with Crippen molar-refractivity contribution < 1.29 is 9.53 Å². The first-order chi connectivity index (χ1) is 12.1. The Morgan fingerprint density at radius 1 is 1.36 bits per heavy atom. The van der Waals surface area contributed by atoms with Crippen LogP contribution in [-0.4, -0.2) is 30.1 Å². The summed E-state index contributed by atoms with van der Waals surface area (Å²) in [5, 5.41) is 1.35. The number of hydrogen-bond donors (Lipinski definition) is 0. The number of rotatable bonds is 4. The summed E-state index contributed by atoms with van der Waals surface area (Å²) in [6.45, 7) is 1.27. The van der Waals surface area contributed by atoms with E-state index >= 15 is 0 Å². The molecule has 2 aromatic heterocycles. The third-order valence-electron chi connectivity index (χ3n) is 4.01. The Morgan fingerprint density at radius 2 is 2.24 bits per heavy atom. The van der Waals surface area contributed by atoms with E-state index < -0.39 is 0 Å². The number of thiophene rings is 1. The van der Waals surface area contributed by atoms with Crippen LogP contribution < -0.4 is 4.90 Å². The fourth-order valence-electron chi connectivity index (χ4n) is 2.80. The van der Waals surface area contributed by atoms with E-state index in [1.807, 2.05) is 30.3 Å². The average molecular weight is 458 g/mol. The zero-order valence-corrected chi connectivity index (χ0v) is 17.1. The molecule has 0 bridgehead atoms. The van der Waals surface area contributed by atoms with Crippen molar-refractivity contribution in [2.75, 3.05) is 18.1 Å². The van der Waals surface area contributed by atoms with Crippen LogP contribution in [-0.2, 0) is 4.74 Å². The van der Waals surface area contributed by atoms with Gasteiger partial charge in [-0.05, 0) is 59.1 Å². The van der Waals surface area contributed by atoms with E-state index in [9.17, 15) is 4.79 Å². The van der Waals surface area contributed by atoms with Crippen molar-refractivity contribution in [1.29, 1.82) is 0 Å². The van der Waals surface area contributed by atoms with E-state index in [1.54, 1.807) is 4.90 Å². The minimum Gasteiger partial charge on any atom is -0.376 e. The molecule has 1 aliphatic heterocycles. The molecule has 1 aromatic carbocycles. The predicted octanol–water partition coefficient (Wildman–Crippen LogP) is 5.60. The van der Waals surface area contributed by atoms with Gasteiger partial charge in [0, 0.05) is 11.6 Å². The molecule has 1 atom stereocenters. The quantitative estimate of drug-likeness (QED) is 0.512. The summed E-state index contributed by atoms with van der Waals surface area (Å²) < 4.78 is 7.65. The number of nitrogens with zero attached hydrogens (tertiary/aromatic N) is 2. The maximum atomic E-state index is 13.1. The Labute approximate surface area is 166 Å². The number of hydrogen-bond acceptors (Lipinski definition) is 5. The lowest BCUT2D eigenvalue weighted by Crippen LogP contribution is -2.37. The lowest BCUT2D eigenvalue weighted by molar-refractivity contribution is 0.0920. The number of amides is 1. The maximum absolute atomic E-state index is 13.1. The van der Waals surface area contributed by atoms with Gasteiger partial charge in [0.1, 0.15) is 0 Å². The van der Waals surface area contributed by atoms with Crippen molar-refractivity contribution in [2.24, 2.45) is 0 Å². The van der Waals surface area contributed by atoms with Crippen LogP contribution in [0, 0.1) is 0 Å². The standard InChI is InChI=1S/C17H14BrClN2O2S2/c18-15-6-5-13(24-15)16(22)21(9-11-2-1-7-23-11)17-20-12-4-3-10(19)8-14(12)25-17/h3-6,8,11H,1-2,7,9H2. The highest BCUT2D eigenvalue weighted by atomic mass is 79.9. The van der Waals surface area contributed by atoms with Gasteiger partial charge in [0.05, 0.1) is 31.5 Å². The van der Waals surface area contributed by atoms with Gasteiger partial charge in [0.25, 0.3) is 5.91 Å². The summed E-state index contributed by atoms with van der Waals surface area (Å²) in [7, 11) is 0. The van der Waals surface area contributed by atoms with Crippen molar-refractivity contribution in [3.05, 3.63) is 44.0 Å². The van der Waals surface area contributed by atoms with Crippen molar-refractivity contribution in [3.63, 3.8) is 0 Å². The van der Waals surface area contributed by atoms with Gasteiger partial charge in [0.15, 0.2) is 5.13 Å². The number of anilines is 1. The van der Waals surface area contributed by atoms with E-state index in [0.717, 1.165) is 33.5 Å². The topological polar surface area (TPSA) is 42.4 Å².